The lowest BCUT2D eigenvalue weighted by molar-refractivity contribution is 0.614. The zero-order valence-electron chi connectivity index (χ0n) is 5.79. The van der Waals surface area contributed by atoms with Gasteiger partial charge in [0.1, 0.15) is 0 Å². The molecule has 0 saturated carbocycles. The number of anilines is 1. The molecule has 12 heavy (non-hydrogen) atoms. The summed E-state index contributed by atoms with van der Waals surface area (Å²) < 4.78 is 23.1. The predicted octanol–water partition coefficient (Wildman–Crippen LogP) is 2.24. The summed E-state index contributed by atoms with van der Waals surface area (Å²) >= 11 is 5.57. The van der Waals surface area contributed by atoms with Gasteiger partial charge in [-0.3, -0.25) is 4.72 Å². The minimum absolute atomic E-state index is 0.384. The molecule has 0 saturated heterocycles. The molecular formula is C6H5Cl2NO2S. The molecule has 0 atom stereocenters. The van der Waals surface area contributed by atoms with Crippen LogP contribution in [0.2, 0.25) is 5.02 Å². The highest BCUT2D eigenvalue weighted by Crippen LogP contribution is 2.15. The van der Waals surface area contributed by atoms with E-state index in [1.165, 1.54) is 12.1 Å². The quantitative estimate of drug-likeness (QED) is 0.786. The molecular weight excluding hydrogens is 221 g/mol. The Labute approximate surface area is 79.9 Å². The van der Waals surface area contributed by atoms with Crippen molar-refractivity contribution in [3.05, 3.63) is 29.3 Å². The summed E-state index contributed by atoms with van der Waals surface area (Å²) in [4.78, 5) is 0. The van der Waals surface area contributed by atoms with Gasteiger partial charge in [-0.25, -0.2) is 0 Å². The van der Waals surface area contributed by atoms with Crippen LogP contribution in [-0.4, -0.2) is 8.42 Å². The molecule has 1 rings (SSSR count). The Morgan fingerprint density at radius 1 is 1.17 bits per heavy atom. The van der Waals surface area contributed by atoms with Crippen molar-refractivity contribution in [3.8, 4) is 0 Å². The van der Waals surface area contributed by atoms with Gasteiger partial charge in [0.15, 0.2) is 0 Å². The van der Waals surface area contributed by atoms with Crippen molar-refractivity contribution in [2.24, 2.45) is 0 Å². The monoisotopic (exact) mass is 225 g/mol. The molecule has 0 unspecified atom stereocenters. The molecule has 0 heterocycles. The van der Waals surface area contributed by atoms with Gasteiger partial charge >= 0.3 is 9.24 Å². The number of halogens is 2. The number of rotatable bonds is 2. The lowest BCUT2D eigenvalue weighted by Gasteiger charge is -2.00. The molecule has 0 aromatic heterocycles. The second-order valence-corrected chi connectivity index (χ2v) is 4.78. The molecule has 0 radical (unpaired) electrons. The first-order chi connectivity index (χ1) is 5.47. The highest BCUT2D eigenvalue weighted by Gasteiger charge is 2.02. The summed E-state index contributed by atoms with van der Waals surface area (Å²) in [5.74, 6) is 0. The fraction of sp³-hybridized carbons (Fsp3) is 0. The van der Waals surface area contributed by atoms with Crippen LogP contribution in [0.3, 0.4) is 0 Å². The van der Waals surface area contributed by atoms with Crippen LogP contribution in [0.4, 0.5) is 5.69 Å². The van der Waals surface area contributed by atoms with Crippen molar-refractivity contribution in [1.29, 1.82) is 0 Å². The smallest absolute Gasteiger partial charge is 0.271 e. The van der Waals surface area contributed by atoms with Gasteiger partial charge in [-0.2, -0.15) is 8.42 Å². The molecule has 0 aliphatic carbocycles. The Bertz CT molecular complexity index is 360. The Balaban J connectivity index is 2.85. The third-order valence-corrected chi connectivity index (χ3v) is 2.05. The van der Waals surface area contributed by atoms with Crippen LogP contribution in [0, 0.1) is 0 Å². The number of hydrogen-bond donors (Lipinski definition) is 1. The fourth-order valence-corrected chi connectivity index (χ4v) is 1.47. The van der Waals surface area contributed by atoms with Crippen molar-refractivity contribution in [2.45, 2.75) is 0 Å². The maximum atomic E-state index is 10.5. The SMILES string of the molecule is O=S(=O)(Cl)Nc1ccc(Cl)cc1. The number of benzene rings is 1. The van der Waals surface area contributed by atoms with E-state index in [0.29, 0.717) is 10.7 Å². The Kier molecular flexibility index (Phi) is 2.82. The molecule has 1 aromatic rings. The normalized spacial score (nSPS) is 11.2. The lowest BCUT2D eigenvalue weighted by atomic mass is 10.3. The second-order valence-electron chi connectivity index (χ2n) is 2.05. The zero-order valence-corrected chi connectivity index (χ0v) is 8.12. The molecule has 3 nitrogen and oxygen atoms in total. The molecule has 66 valence electrons. The Morgan fingerprint density at radius 3 is 2.08 bits per heavy atom. The van der Waals surface area contributed by atoms with Gasteiger partial charge in [-0.1, -0.05) is 11.6 Å². The van der Waals surface area contributed by atoms with E-state index in [9.17, 15) is 8.42 Å². The van der Waals surface area contributed by atoms with Crippen molar-refractivity contribution < 1.29 is 8.42 Å². The molecule has 0 aliphatic rings. The van der Waals surface area contributed by atoms with E-state index < -0.39 is 9.24 Å². The summed E-state index contributed by atoms with van der Waals surface area (Å²) in [6.07, 6.45) is 0. The number of hydrogen-bond acceptors (Lipinski definition) is 2. The van der Waals surface area contributed by atoms with Crippen molar-refractivity contribution in [3.63, 3.8) is 0 Å². The van der Waals surface area contributed by atoms with E-state index in [-0.39, 0.29) is 0 Å². The van der Waals surface area contributed by atoms with Gasteiger partial charge in [0.2, 0.25) is 0 Å². The van der Waals surface area contributed by atoms with Crippen LogP contribution in [0.1, 0.15) is 0 Å². The minimum atomic E-state index is -3.71. The van der Waals surface area contributed by atoms with Crippen LogP contribution < -0.4 is 4.72 Å². The van der Waals surface area contributed by atoms with E-state index in [0.717, 1.165) is 0 Å². The van der Waals surface area contributed by atoms with Crippen LogP contribution in [0.15, 0.2) is 24.3 Å². The predicted molar refractivity (Wildman–Crippen MR) is 49.8 cm³/mol. The second kappa shape index (κ2) is 3.51. The van der Waals surface area contributed by atoms with Gasteiger partial charge in [-0.05, 0) is 24.3 Å². The molecule has 0 aliphatic heterocycles. The summed E-state index contributed by atoms with van der Waals surface area (Å²) in [5.41, 5.74) is 0.384. The highest BCUT2D eigenvalue weighted by molar-refractivity contribution is 8.14. The van der Waals surface area contributed by atoms with Crippen LogP contribution in [0.5, 0.6) is 0 Å². The first-order valence-electron chi connectivity index (χ1n) is 2.95. The van der Waals surface area contributed by atoms with Gasteiger partial charge < -0.3 is 0 Å². The Morgan fingerprint density at radius 2 is 1.67 bits per heavy atom. The molecule has 1 N–H and O–H groups in total. The summed E-state index contributed by atoms with van der Waals surface area (Å²) in [7, 11) is 1.22. The zero-order chi connectivity index (χ0) is 9.19. The molecule has 0 bridgehead atoms. The minimum Gasteiger partial charge on any atom is -0.271 e. The molecule has 0 fully saturated rings. The fourth-order valence-electron chi connectivity index (χ4n) is 0.659. The van der Waals surface area contributed by atoms with Gasteiger partial charge in [0, 0.05) is 21.4 Å². The van der Waals surface area contributed by atoms with Gasteiger partial charge in [-0.15, -0.1) is 0 Å². The highest BCUT2D eigenvalue weighted by atomic mass is 35.7. The molecule has 0 spiro atoms. The van der Waals surface area contributed by atoms with Crippen LogP contribution in [0.25, 0.3) is 0 Å². The maximum absolute atomic E-state index is 10.5. The summed E-state index contributed by atoms with van der Waals surface area (Å²) in [6, 6.07) is 6.16. The van der Waals surface area contributed by atoms with E-state index >= 15 is 0 Å². The van der Waals surface area contributed by atoms with Crippen molar-refractivity contribution >= 4 is 37.2 Å². The van der Waals surface area contributed by atoms with E-state index in [1.807, 2.05) is 0 Å². The first-order valence-corrected chi connectivity index (χ1v) is 5.64. The van der Waals surface area contributed by atoms with Crippen LogP contribution >= 0.6 is 22.3 Å². The standard InChI is InChI=1S/C6H5Cl2NO2S/c7-5-1-3-6(4-2-5)9-12(8,10)11/h1-4,9H. The van der Waals surface area contributed by atoms with Gasteiger partial charge in [0.05, 0.1) is 0 Å². The van der Waals surface area contributed by atoms with E-state index in [2.05, 4.69) is 4.72 Å². The van der Waals surface area contributed by atoms with Crippen LogP contribution in [-0.2, 0) is 9.24 Å². The first kappa shape index (κ1) is 9.64. The van der Waals surface area contributed by atoms with Crippen molar-refractivity contribution in [1.82, 2.24) is 0 Å². The average Bonchev–Trinajstić information content (AvgIpc) is 1.91. The van der Waals surface area contributed by atoms with Crippen molar-refractivity contribution in [2.75, 3.05) is 4.72 Å². The summed E-state index contributed by atoms with van der Waals surface area (Å²) in [6.45, 7) is 0. The third kappa shape index (κ3) is 3.30. The third-order valence-electron chi connectivity index (χ3n) is 1.08. The maximum Gasteiger partial charge on any atom is 0.319 e. The lowest BCUT2D eigenvalue weighted by Crippen LogP contribution is -2.03. The largest absolute Gasteiger partial charge is 0.319 e. The van der Waals surface area contributed by atoms with Gasteiger partial charge in [0.25, 0.3) is 0 Å². The molecule has 0 amide bonds. The molecule has 6 heteroatoms. The molecule has 1 aromatic carbocycles. The average molecular weight is 226 g/mol. The number of nitrogens with one attached hydrogen (secondary N) is 1. The van der Waals surface area contributed by atoms with E-state index in [1.54, 1.807) is 12.1 Å². The summed E-state index contributed by atoms with van der Waals surface area (Å²) in [5, 5.41) is 0.535. The van der Waals surface area contributed by atoms with E-state index in [4.69, 9.17) is 22.3 Å². The Hall–Kier alpha value is -0.450. The topological polar surface area (TPSA) is 46.2 Å².